The topological polar surface area (TPSA) is 60.2 Å². The van der Waals surface area contributed by atoms with Crippen molar-refractivity contribution in [3.8, 4) is 11.3 Å². The van der Waals surface area contributed by atoms with Gasteiger partial charge in [-0.05, 0) is 30.7 Å². The van der Waals surface area contributed by atoms with Crippen LogP contribution in [0.5, 0.6) is 0 Å². The number of aryl methyl sites for hydroxylation is 1. The fraction of sp³-hybridized carbons (Fsp3) is 0.100. The number of amidine groups is 1. The summed E-state index contributed by atoms with van der Waals surface area (Å²) in [4.78, 5) is 6.42. The second-order valence-corrected chi connectivity index (χ2v) is 7.39. The van der Waals surface area contributed by atoms with Crippen molar-refractivity contribution >= 4 is 40.0 Å². The van der Waals surface area contributed by atoms with Gasteiger partial charge in [0.2, 0.25) is 0 Å². The number of nitrogens with zero attached hydrogens (tertiary/aromatic N) is 2. The number of halogens is 1. The Bertz CT molecular complexity index is 1030. The van der Waals surface area contributed by atoms with Gasteiger partial charge in [0.25, 0.3) is 0 Å². The zero-order chi connectivity index (χ0) is 18.3. The third-order valence-electron chi connectivity index (χ3n) is 4.34. The average Bonchev–Trinajstić information content (AvgIpc) is 3.21. The van der Waals surface area contributed by atoms with Crippen molar-refractivity contribution in [3.63, 3.8) is 0 Å². The summed E-state index contributed by atoms with van der Waals surface area (Å²) < 4.78 is 0. The van der Waals surface area contributed by atoms with Gasteiger partial charge >= 0.3 is 0 Å². The first-order valence-electron chi connectivity index (χ1n) is 8.10. The molecular formula is C20H16ClN3OS. The van der Waals surface area contributed by atoms with Crippen molar-refractivity contribution < 1.29 is 5.11 Å². The van der Waals surface area contributed by atoms with Gasteiger partial charge in [-0.25, -0.2) is 4.98 Å². The highest BCUT2D eigenvalue weighted by atomic mass is 35.5. The third-order valence-corrected chi connectivity index (χ3v) is 5.44. The van der Waals surface area contributed by atoms with E-state index in [9.17, 15) is 5.11 Å². The molecule has 0 radical (unpaired) electrons. The molecule has 0 aliphatic carbocycles. The number of thiazole rings is 1. The van der Waals surface area contributed by atoms with Gasteiger partial charge in [-0.1, -0.05) is 41.9 Å². The van der Waals surface area contributed by atoms with Crippen LogP contribution in [0, 0.1) is 12.3 Å². The summed E-state index contributed by atoms with van der Waals surface area (Å²) in [5.41, 5.74) is 4.18. The van der Waals surface area contributed by atoms with E-state index in [1.165, 1.54) is 11.3 Å². The molecular weight excluding hydrogens is 366 g/mol. The van der Waals surface area contributed by atoms with E-state index < -0.39 is 0 Å². The van der Waals surface area contributed by atoms with Gasteiger partial charge in [-0.2, -0.15) is 0 Å². The van der Waals surface area contributed by atoms with Crippen LogP contribution < -0.4 is 4.90 Å². The van der Waals surface area contributed by atoms with E-state index in [1.807, 2.05) is 54.8 Å². The van der Waals surface area contributed by atoms with Gasteiger partial charge in [0.05, 0.1) is 17.8 Å². The zero-order valence-electron chi connectivity index (χ0n) is 14.0. The summed E-state index contributed by atoms with van der Waals surface area (Å²) in [6.07, 6.45) is 0. The Kier molecular flexibility index (Phi) is 4.26. The molecule has 6 heteroatoms. The Morgan fingerprint density at radius 1 is 1.19 bits per heavy atom. The molecule has 1 aromatic heterocycles. The third kappa shape index (κ3) is 2.89. The Labute approximate surface area is 160 Å². The van der Waals surface area contributed by atoms with Crippen LogP contribution >= 0.6 is 22.9 Å². The van der Waals surface area contributed by atoms with Gasteiger partial charge in [-0.3, -0.25) is 5.41 Å². The van der Waals surface area contributed by atoms with E-state index in [0.717, 1.165) is 22.5 Å². The van der Waals surface area contributed by atoms with E-state index in [-0.39, 0.29) is 18.1 Å². The standard InChI is InChI=1S/C20H16ClN3OS/c1-12-9-14(21)7-8-16(12)24-10-17(25)18(19(24)22)20-23-15(11-26-20)13-5-3-2-4-6-13/h2-9,11,22,25H,10H2,1H3. The van der Waals surface area contributed by atoms with Crippen LogP contribution in [0.15, 0.2) is 59.7 Å². The quantitative estimate of drug-likeness (QED) is 0.626. The molecule has 0 fully saturated rings. The van der Waals surface area contributed by atoms with Crippen LogP contribution in [0.4, 0.5) is 5.69 Å². The van der Waals surface area contributed by atoms with E-state index in [4.69, 9.17) is 17.0 Å². The van der Waals surface area contributed by atoms with E-state index in [2.05, 4.69) is 4.98 Å². The van der Waals surface area contributed by atoms with Crippen LogP contribution in [0.1, 0.15) is 10.6 Å². The van der Waals surface area contributed by atoms with Crippen molar-refractivity contribution in [2.75, 3.05) is 11.4 Å². The summed E-state index contributed by atoms with van der Waals surface area (Å²) in [7, 11) is 0. The molecule has 0 amide bonds. The van der Waals surface area contributed by atoms with Crippen molar-refractivity contribution in [2.45, 2.75) is 6.92 Å². The first-order valence-corrected chi connectivity index (χ1v) is 9.36. The molecule has 2 N–H and O–H groups in total. The maximum Gasteiger partial charge on any atom is 0.139 e. The Morgan fingerprint density at radius 3 is 2.69 bits per heavy atom. The predicted octanol–water partition coefficient (Wildman–Crippen LogP) is 5.54. The summed E-state index contributed by atoms with van der Waals surface area (Å²) in [6.45, 7) is 2.21. The van der Waals surface area contributed by atoms with Crippen LogP contribution in [-0.4, -0.2) is 22.5 Å². The average molecular weight is 382 g/mol. The number of benzene rings is 2. The van der Waals surface area contributed by atoms with Crippen LogP contribution in [0.3, 0.4) is 0 Å². The maximum absolute atomic E-state index is 10.5. The Balaban J connectivity index is 1.67. The Morgan fingerprint density at radius 2 is 1.96 bits per heavy atom. The lowest BCUT2D eigenvalue weighted by atomic mass is 10.1. The molecule has 2 heterocycles. The van der Waals surface area contributed by atoms with E-state index in [1.54, 1.807) is 11.0 Å². The monoisotopic (exact) mass is 381 g/mol. The second-order valence-electron chi connectivity index (χ2n) is 6.09. The Hall–Kier alpha value is -2.63. The molecule has 4 nitrogen and oxygen atoms in total. The molecule has 0 spiro atoms. The minimum atomic E-state index is 0.165. The molecule has 1 aliphatic heterocycles. The van der Waals surface area contributed by atoms with Crippen molar-refractivity contribution in [1.82, 2.24) is 4.98 Å². The predicted molar refractivity (Wildman–Crippen MR) is 108 cm³/mol. The zero-order valence-corrected chi connectivity index (χ0v) is 15.6. The molecule has 0 saturated heterocycles. The number of hydrogen-bond acceptors (Lipinski definition) is 4. The number of aliphatic hydroxyl groups excluding tert-OH is 1. The molecule has 130 valence electrons. The highest BCUT2D eigenvalue weighted by molar-refractivity contribution is 7.11. The summed E-state index contributed by atoms with van der Waals surface area (Å²) in [5.74, 6) is 0.417. The summed E-state index contributed by atoms with van der Waals surface area (Å²) in [5, 5.41) is 22.3. The molecule has 0 atom stereocenters. The normalized spacial score (nSPS) is 14.4. The molecule has 3 aromatic rings. The van der Waals surface area contributed by atoms with Gasteiger partial charge in [0, 0.05) is 21.7 Å². The molecule has 0 saturated carbocycles. The van der Waals surface area contributed by atoms with Gasteiger partial charge in [0.1, 0.15) is 16.6 Å². The van der Waals surface area contributed by atoms with Crippen LogP contribution in [0.2, 0.25) is 5.02 Å². The van der Waals surface area contributed by atoms with Gasteiger partial charge in [0.15, 0.2) is 0 Å². The van der Waals surface area contributed by atoms with Crippen LogP contribution in [-0.2, 0) is 0 Å². The molecule has 2 aromatic carbocycles. The molecule has 1 aliphatic rings. The highest BCUT2D eigenvalue weighted by Gasteiger charge is 2.31. The number of rotatable bonds is 3. The first kappa shape index (κ1) is 16.8. The summed E-state index contributed by atoms with van der Waals surface area (Å²) in [6, 6.07) is 15.4. The molecule has 0 bridgehead atoms. The minimum absolute atomic E-state index is 0.165. The van der Waals surface area contributed by atoms with Crippen LogP contribution in [0.25, 0.3) is 16.8 Å². The smallest absolute Gasteiger partial charge is 0.139 e. The number of anilines is 1. The highest BCUT2D eigenvalue weighted by Crippen LogP contribution is 2.35. The largest absolute Gasteiger partial charge is 0.510 e. The SMILES string of the molecule is Cc1cc(Cl)ccc1N1CC(O)=C(c2nc(-c3ccccc3)cs2)C1=N. The second kappa shape index (κ2) is 6.59. The van der Waals surface area contributed by atoms with Crippen molar-refractivity contribution in [3.05, 3.63) is 75.3 Å². The van der Waals surface area contributed by atoms with E-state index in [0.29, 0.717) is 15.6 Å². The minimum Gasteiger partial charge on any atom is -0.510 e. The van der Waals surface area contributed by atoms with Gasteiger partial charge < -0.3 is 10.0 Å². The number of aromatic nitrogens is 1. The van der Waals surface area contributed by atoms with Crippen molar-refractivity contribution in [1.29, 1.82) is 5.41 Å². The molecule has 26 heavy (non-hydrogen) atoms. The number of hydrogen-bond donors (Lipinski definition) is 2. The maximum atomic E-state index is 10.5. The lowest BCUT2D eigenvalue weighted by molar-refractivity contribution is 0.411. The van der Waals surface area contributed by atoms with E-state index >= 15 is 0 Å². The molecule has 4 rings (SSSR count). The number of nitrogens with one attached hydrogen (secondary N) is 1. The lowest BCUT2D eigenvalue weighted by Crippen LogP contribution is -2.26. The van der Waals surface area contributed by atoms with Crippen molar-refractivity contribution in [2.24, 2.45) is 0 Å². The number of aliphatic hydroxyl groups is 1. The summed E-state index contributed by atoms with van der Waals surface area (Å²) >= 11 is 7.47. The first-order chi connectivity index (χ1) is 12.5. The molecule has 0 unspecified atom stereocenters. The van der Waals surface area contributed by atoms with Gasteiger partial charge in [-0.15, -0.1) is 11.3 Å². The fourth-order valence-electron chi connectivity index (χ4n) is 3.06. The fourth-order valence-corrected chi connectivity index (χ4v) is 4.18. The lowest BCUT2D eigenvalue weighted by Gasteiger charge is -2.21.